The van der Waals surface area contributed by atoms with Crippen molar-refractivity contribution in [3.63, 3.8) is 0 Å². The molecule has 0 aromatic carbocycles. The van der Waals surface area contributed by atoms with Crippen LogP contribution in [0.4, 0.5) is 0 Å². The van der Waals surface area contributed by atoms with Crippen LogP contribution in [0.5, 0.6) is 0 Å². The molecule has 2 heteroatoms. The molecule has 23 heavy (non-hydrogen) atoms. The second-order valence-corrected chi connectivity index (χ2v) is 7.87. The first-order valence-corrected chi connectivity index (χ1v) is 10.0. The Labute approximate surface area is 142 Å². The van der Waals surface area contributed by atoms with Crippen LogP contribution in [0.2, 0.25) is 0 Å². The number of rotatable bonds is 8. The molecule has 3 rings (SSSR count). The first-order valence-electron chi connectivity index (χ1n) is 10.0. The highest BCUT2D eigenvalue weighted by Crippen LogP contribution is 2.30. The SMILES string of the molecule is CN1CCC[C@H]1c1ccc[n+](CCCCCCC2CCCC2)c1. The van der Waals surface area contributed by atoms with Gasteiger partial charge in [-0.05, 0) is 44.8 Å². The summed E-state index contributed by atoms with van der Waals surface area (Å²) in [5, 5.41) is 0. The van der Waals surface area contributed by atoms with Crippen LogP contribution < -0.4 is 4.57 Å². The van der Waals surface area contributed by atoms with E-state index in [-0.39, 0.29) is 0 Å². The lowest BCUT2D eigenvalue weighted by molar-refractivity contribution is -0.697. The van der Waals surface area contributed by atoms with E-state index in [4.69, 9.17) is 0 Å². The number of pyridine rings is 1. The summed E-state index contributed by atoms with van der Waals surface area (Å²) in [4.78, 5) is 2.50. The summed E-state index contributed by atoms with van der Waals surface area (Å²) < 4.78 is 2.42. The van der Waals surface area contributed by atoms with Gasteiger partial charge in [-0.15, -0.1) is 0 Å². The minimum absolute atomic E-state index is 0.647. The van der Waals surface area contributed by atoms with Crippen molar-refractivity contribution >= 4 is 0 Å². The minimum atomic E-state index is 0.647. The van der Waals surface area contributed by atoms with E-state index >= 15 is 0 Å². The van der Waals surface area contributed by atoms with Gasteiger partial charge in [0, 0.05) is 24.1 Å². The predicted octanol–water partition coefficient (Wildman–Crippen LogP) is 4.88. The minimum Gasteiger partial charge on any atom is -0.299 e. The molecule has 0 amide bonds. The Morgan fingerprint density at radius 3 is 2.65 bits per heavy atom. The standard InChI is InChI=1S/C21H35N2/c1-22-15-9-14-21(22)20-13-8-17-23(18-20)16-7-3-2-4-10-19-11-5-6-12-19/h8,13,17-19,21H,2-7,9-12,14-16H2,1H3/q+1/t21-/m0/s1. The molecule has 1 aliphatic heterocycles. The van der Waals surface area contributed by atoms with Crippen LogP contribution in [-0.2, 0) is 6.54 Å². The molecular weight excluding hydrogens is 280 g/mol. The normalized spacial score (nSPS) is 22.9. The van der Waals surface area contributed by atoms with Gasteiger partial charge >= 0.3 is 0 Å². The van der Waals surface area contributed by atoms with E-state index in [1.165, 1.54) is 89.3 Å². The van der Waals surface area contributed by atoms with Gasteiger partial charge in [-0.25, -0.2) is 4.57 Å². The summed E-state index contributed by atoms with van der Waals surface area (Å²) in [6.45, 7) is 2.44. The maximum atomic E-state index is 2.50. The molecule has 1 saturated heterocycles. The Morgan fingerprint density at radius 1 is 1.04 bits per heavy atom. The third kappa shape index (κ3) is 5.04. The first kappa shape index (κ1) is 17.0. The molecule has 2 nitrogen and oxygen atoms in total. The third-order valence-corrected chi connectivity index (χ3v) is 6.04. The summed E-state index contributed by atoms with van der Waals surface area (Å²) in [7, 11) is 2.26. The Balaban J connectivity index is 1.35. The Kier molecular flexibility index (Phi) is 6.50. The van der Waals surface area contributed by atoms with Gasteiger partial charge in [0.2, 0.25) is 0 Å². The number of nitrogens with zero attached hydrogens (tertiary/aromatic N) is 2. The van der Waals surface area contributed by atoms with Gasteiger partial charge in [0.1, 0.15) is 6.54 Å². The molecule has 1 atom stereocenters. The van der Waals surface area contributed by atoms with Gasteiger partial charge in [-0.1, -0.05) is 44.9 Å². The molecule has 0 unspecified atom stereocenters. The van der Waals surface area contributed by atoms with Gasteiger partial charge < -0.3 is 0 Å². The first-order chi connectivity index (χ1) is 11.3. The highest BCUT2D eigenvalue weighted by atomic mass is 15.1. The van der Waals surface area contributed by atoms with Gasteiger partial charge in [-0.2, -0.15) is 0 Å². The van der Waals surface area contributed by atoms with E-state index < -0.39 is 0 Å². The highest BCUT2D eigenvalue weighted by molar-refractivity contribution is 5.12. The molecule has 1 saturated carbocycles. The van der Waals surface area contributed by atoms with Crippen LogP contribution in [0.1, 0.15) is 82.2 Å². The van der Waals surface area contributed by atoms with Crippen molar-refractivity contribution in [2.45, 2.75) is 83.2 Å². The number of hydrogen-bond acceptors (Lipinski definition) is 1. The van der Waals surface area contributed by atoms with Crippen LogP contribution in [0.3, 0.4) is 0 Å². The fraction of sp³-hybridized carbons (Fsp3) is 0.762. The van der Waals surface area contributed by atoms with Crippen LogP contribution in [0.15, 0.2) is 24.5 Å². The number of likely N-dealkylation sites (tertiary alicyclic amines) is 1. The van der Waals surface area contributed by atoms with Gasteiger partial charge in [-0.3, -0.25) is 4.90 Å². The molecule has 0 N–H and O–H groups in total. The summed E-state index contributed by atoms with van der Waals surface area (Å²) in [5.41, 5.74) is 1.51. The second-order valence-electron chi connectivity index (χ2n) is 7.87. The van der Waals surface area contributed by atoms with Crippen LogP contribution in [-0.4, -0.2) is 18.5 Å². The molecule has 0 spiro atoms. The topological polar surface area (TPSA) is 7.12 Å². The van der Waals surface area contributed by atoms with E-state index in [0.29, 0.717) is 6.04 Å². The average Bonchev–Trinajstić information content (AvgIpc) is 3.22. The smallest absolute Gasteiger partial charge is 0.173 e. The lowest BCUT2D eigenvalue weighted by atomic mass is 9.99. The number of aromatic nitrogens is 1. The van der Waals surface area contributed by atoms with Crippen molar-refractivity contribution in [1.82, 2.24) is 4.90 Å². The van der Waals surface area contributed by atoms with E-state index in [1.807, 2.05) is 0 Å². The zero-order valence-electron chi connectivity index (χ0n) is 15.1. The number of hydrogen-bond donors (Lipinski definition) is 0. The van der Waals surface area contributed by atoms with Crippen LogP contribution in [0, 0.1) is 5.92 Å². The predicted molar refractivity (Wildman–Crippen MR) is 96.3 cm³/mol. The Bertz CT molecular complexity index is 465. The molecule has 1 aromatic heterocycles. The monoisotopic (exact) mass is 315 g/mol. The second kappa shape index (κ2) is 8.82. The fourth-order valence-electron chi connectivity index (χ4n) is 4.59. The quantitative estimate of drug-likeness (QED) is 0.490. The van der Waals surface area contributed by atoms with Crippen molar-refractivity contribution in [2.24, 2.45) is 5.92 Å². The molecule has 2 fully saturated rings. The zero-order chi connectivity index (χ0) is 15.9. The number of unbranched alkanes of at least 4 members (excludes halogenated alkanes) is 3. The average molecular weight is 316 g/mol. The van der Waals surface area contributed by atoms with Crippen LogP contribution in [0.25, 0.3) is 0 Å². The summed E-state index contributed by atoms with van der Waals surface area (Å²) in [6.07, 6.45) is 20.4. The number of aryl methyl sites for hydroxylation is 1. The van der Waals surface area contributed by atoms with E-state index in [9.17, 15) is 0 Å². The van der Waals surface area contributed by atoms with Gasteiger partial charge in [0.05, 0.1) is 0 Å². The van der Waals surface area contributed by atoms with E-state index in [1.54, 1.807) is 0 Å². The highest BCUT2D eigenvalue weighted by Gasteiger charge is 2.24. The summed E-state index contributed by atoms with van der Waals surface area (Å²) in [5.74, 6) is 1.07. The molecule has 0 radical (unpaired) electrons. The molecule has 128 valence electrons. The molecule has 1 aliphatic carbocycles. The van der Waals surface area contributed by atoms with E-state index in [0.717, 1.165) is 5.92 Å². The molecule has 2 aliphatic rings. The van der Waals surface area contributed by atoms with E-state index in [2.05, 4.69) is 41.0 Å². The largest absolute Gasteiger partial charge is 0.299 e. The fourth-order valence-corrected chi connectivity index (χ4v) is 4.59. The third-order valence-electron chi connectivity index (χ3n) is 6.04. The van der Waals surface area contributed by atoms with Crippen molar-refractivity contribution in [1.29, 1.82) is 0 Å². The molecule has 2 heterocycles. The summed E-state index contributed by atoms with van der Waals surface area (Å²) >= 11 is 0. The molecule has 0 bridgehead atoms. The van der Waals surface area contributed by atoms with Crippen molar-refractivity contribution in [2.75, 3.05) is 13.6 Å². The maximum Gasteiger partial charge on any atom is 0.173 e. The molecular formula is C21H35N2+. The van der Waals surface area contributed by atoms with Gasteiger partial charge in [0.15, 0.2) is 12.4 Å². The maximum absolute atomic E-state index is 2.50. The lowest BCUT2D eigenvalue weighted by Gasteiger charge is -2.18. The van der Waals surface area contributed by atoms with Crippen molar-refractivity contribution in [3.8, 4) is 0 Å². The zero-order valence-corrected chi connectivity index (χ0v) is 15.1. The van der Waals surface area contributed by atoms with Crippen LogP contribution >= 0.6 is 0 Å². The Hall–Kier alpha value is -0.890. The van der Waals surface area contributed by atoms with Crippen molar-refractivity contribution in [3.05, 3.63) is 30.1 Å². The van der Waals surface area contributed by atoms with Gasteiger partial charge in [0.25, 0.3) is 0 Å². The van der Waals surface area contributed by atoms with Crippen molar-refractivity contribution < 1.29 is 4.57 Å². The lowest BCUT2D eigenvalue weighted by Crippen LogP contribution is -2.34. The summed E-state index contributed by atoms with van der Waals surface area (Å²) in [6, 6.07) is 5.19. The molecule has 1 aromatic rings. The Morgan fingerprint density at radius 2 is 1.87 bits per heavy atom.